The number of carbonyl (C=O) groups is 1. The number of nitrogens with zero attached hydrogens (tertiary/aromatic N) is 1. The van der Waals surface area contributed by atoms with Crippen LogP contribution in [0.2, 0.25) is 0 Å². The van der Waals surface area contributed by atoms with Crippen molar-refractivity contribution in [2.75, 3.05) is 0 Å². The number of hydrogen-bond donors (Lipinski definition) is 1. The summed E-state index contributed by atoms with van der Waals surface area (Å²) >= 11 is 0. The third kappa shape index (κ3) is 2.18. The quantitative estimate of drug-likeness (QED) is 0.908. The van der Waals surface area contributed by atoms with Gasteiger partial charge in [0.2, 0.25) is 0 Å². The molecule has 102 valence electrons. The minimum atomic E-state index is -4.45. The number of rotatable bonds is 2. The Kier molecular flexibility index (Phi) is 2.84. The Morgan fingerprint density at radius 3 is 2.37 bits per heavy atom. The van der Waals surface area contributed by atoms with Gasteiger partial charge < -0.3 is 9.67 Å². The summed E-state index contributed by atoms with van der Waals surface area (Å²) in [5.41, 5.74) is -1.85. The van der Waals surface area contributed by atoms with E-state index in [2.05, 4.69) is 0 Å². The molecule has 0 aliphatic carbocycles. The van der Waals surface area contributed by atoms with Crippen LogP contribution >= 0.6 is 0 Å². The number of alkyl halides is 3. The minimum Gasteiger partial charge on any atom is -0.480 e. The SMILES string of the molecule is CC(C)(C(=O)O)n1ccc2ccc(C(F)(F)F)cc21. The van der Waals surface area contributed by atoms with E-state index in [0.717, 1.165) is 12.1 Å². The smallest absolute Gasteiger partial charge is 0.416 e. The number of fused-ring (bicyclic) bond motifs is 1. The average molecular weight is 271 g/mol. The molecule has 0 spiro atoms. The van der Waals surface area contributed by atoms with Crippen LogP contribution in [-0.4, -0.2) is 15.6 Å². The summed E-state index contributed by atoms with van der Waals surface area (Å²) in [4.78, 5) is 11.2. The van der Waals surface area contributed by atoms with E-state index >= 15 is 0 Å². The predicted molar refractivity (Wildman–Crippen MR) is 63.9 cm³/mol. The molecule has 3 nitrogen and oxygen atoms in total. The van der Waals surface area contributed by atoms with E-state index < -0.39 is 23.2 Å². The lowest BCUT2D eigenvalue weighted by molar-refractivity contribution is -0.145. The van der Waals surface area contributed by atoms with Gasteiger partial charge in [0.05, 0.1) is 5.56 Å². The second-order valence-corrected chi connectivity index (χ2v) is 4.82. The van der Waals surface area contributed by atoms with Gasteiger partial charge in [-0.1, -0.05) is 6.07 Å². The predicted octanol–water partition coefficient (Wildman–Crippen LogP) is 3.48. The molecule has 0 amide bonds. The fourth-order valence-electron chi connectivity index (χ4n) is 1.90. The van der Waals surface area contributed by atoms with Crippen molar-refractivity contribution in [2.45, 2.75) is 25.6 Å². The number of aliphatic carboxylic acids is 1. The van der Waals surface area contributed by atoms with Gasteiger partial charge in [-0.2, -0.15) is 13.2 Å². The molecule has 1 heterocycles. The number of carboxylic acids is 1. The summed E-state index contributed by atoms with van der Waals surface area (Å²) in [5.74, 6) is -1.11. The molecule has 6 heteroatoms. The first-order chi connectivity index (χ1) is 8.64. The zero-order chi connectivity index (χ0) is 14.4. The lowest BCUT2D eigenvalue weighted by Gasteiger charge is -2.23. The first-order valence-corrected chi connectivity index (χ1v) is 5.56. The van der Waals surface area contributed by atoms with Gasteiger partial charge in [-0.15, -0.1) is 0 Å². The first-order valence-electron chi connectivity index (χ1n) is 5.56. The molecule has 0 radical (unpaired) electrons. The van der Waals surface area contributed by atoms with E-state index in [0.29, 0.717) is 5.39 Å². The summed E-state index contributed by atoms with van der Waals surface area (Å²) in [6, 6.07) is 4.90. The Labute approximate surface area is 107 Å². The highest BCUT2D eigenvalue weighted by Gasteiger charge is 2.33. The normalized spacial score (nSPS) is 12.9. The van der Waals surface area contributed by atoms with Gasteiger partial charge in [-0.3, -0.25) is 0 Å². The average Bonchev–Trinajstić information content (AvgIpc) is 2.70. The van der Waals surface area contributed by atoms with Crippen LogP contribution in [0.25, 0.3) is 10.9 Å². The Morgan fingerprint density at radius 1 is 1.21 bits per heavy atom. The maximum absolute atomic E-state index is 12.7. The molecular weight excluding hydrogens is 259 g/mol. The zero-order valence-electron chi connectivity index (χ0n) is 10.3. The number of carboxylic acid groups (broad SMARTS) is 1. The molecule has 1 aromatic carbocycles. The molecule has 19 heavy (non-hydrogen) atoms. The Morgan fingerprint density at radius 2 is 1.84 bits per heavy atom. The molecule has 1 N–H and O–H groups in total. The van der Waals surface area contributed by atoms with Gasteiger partial charge in [0.15, 0.2) is 0 Å². The van der Waals surface area contributed by atoms with Gasteiger partial charge in [-0.25, -0.2) is 4.79 Å². The summed E-state index contributed by atoms with van der Waals surface area (Å²) in [6.07, 6.45) is -2.96. The van der Waals surface area contributed by atoms with Crippen LogP contribution in [0.1, 0.15) is 19.4 Å². The Bertz CT molecular complexity index is 641. The van der Waals surface area contributed by atoms with Crippen molar-refractivity contribution < 1.29 is 23.1 Å². The summed E-state index contributed by atoms with van der Waals surface area (Å²) in [7, 11) is 0. The molecule has 0 saturated heterocycles. The maximum Gasteiger partial charge on any atom is 0.416 e. The molecular formula is C13H12F3NO2. The molecule has 0 bridgehead atoms. The monoisotopic (exact) mass is 271 g/mol. The van der Waals surface area contributed by atoms with Crippen LogP contribution in [0, 0.1) is 0 Å². The van der Waals surface area contributed by atoms with Gasteiger partial charge in [0.1, 0.15) is 5.54 Å². The number of halogens is 3. The largest absolute Gasteiger partial charge is 0.480 e. The lowest BCUT2D eigenvalue weighted by Crippen LogP contribution is -2.34. The highest BCUT2D eigenvalue weighted by atomic mass is 19.4. The molecule has 0 atom stereocenters. The molecule has 0 saturated carbocycles. The zero-order valence-corrected chi connectivity index (χ0v) is 10.3. The van der Waals surface area contributed by atoms with Crippen molar-refractivity contribution in [3.63, 3.8) is 0 Å². The molecule has 0 fully saturated rings. The molecule has 2 rings (SSSR count). The summed E-state index contributed by atoms with van der Waals surface area (Å²) in [6.45, 7) is 2.88. The fourth-order valence-corrected chi connectivity index (χ4v) is 1.90. The lowest BCUT2D eigenvalue weighted by atomic mass is 10.1. The summed E-state index contributed by atoms with van der Waals surface area (Å²) < 4.78 is 39.4. The van der Waals surface area contributed by atoms with Crippen LogP contribution < -0.4 is 0 Å². The fraction of sp³-hybridized carbons (Fsp3) is 0.308. The van der Waals surface area contributed by atoms with Crippen LogP contribution in [0.4, 0.5) is 13.2 Å². The van der Waals surface area contributed by atoms with E-state index in [9.17, 15) is 18.0 Å². The second kappa shape index (κ2) is 4.01. The van der Waals surface area contributed by atoms with E-state index in [1.54, 1.807) is 6.07 Å². The van der Waals surface area contributed by atoms with Crippen LogP contribution in [0.5, 0.6) is 0 Å². The van der Waals surface area contributed by atoms with Crippen molar-refractivity contribution in [1.29, 1.82) is 0 Å². The molecule has 1 aromatic heterocycles. The molecule has 0 aliphatic rings. The van der Waals surface area contributed by atoms with Crippen LogP contribution in [0.15, 0.2) is 30.5 Å². The van der Waals surface area contributed by atoms with Crippen molar-refractivity contribution >= 4 is 16.9 Å². The third-order valence-electron chi connectivity index (χ3n) is 3.15. The van der Waals surface area contributed by atoms with Crippen molar-refractivity contribution in [3.05, 3.63) is 36.0 Å². The van der Waals surface area contributed by atoms with Gasteiger partial charge in [-0.05, 0) is 37.4 Å². The molecule has 2 aromatic rings. The second-order valence-electron chi connectivity index (χ2n) is 4.82. The first kappa shape index (κ1) is 13.5. The summed E-state index contributed by atoms with van der Waals surface area (Å²) in [5, 5.41) is 9.73. The highest BCUT2D eigenvalue weighted by Crippen LogP contribution is 2.33. The van der Waals surface area contributed by atoms with Crippen LogP contribution in [0.3, 0.4) is 0 Å². The van der Waals surface area contributed by atoms with E-state index in [1.807, 2.05) is 0 Å². The number of hydrogen-bond acceptors (Lipinski definition) is 1. The standard InChI is InChI=1S/C13H12F3NO2/c1-12(2,11(18)19)17-6-5-8-3-4-9(7-10(8)17)13(14,15)16/h3-7H,1-2H3,(H,18,19). The maximum atomic E-state index is 12.7. The van der Waals surface area contributed by atoms with E-state index in [4.69, 9.17) is 5.11 Å². The topological polar surface area (TPSA) is 42.2 Å². The molecule has 0 aliphatic heterocycles. The molecule has 0 unspecified atom stereocenters. The van der Waals surface area contributed by atoms with E-state index in [-0.39, 0.29) is 5.52 Å². The number of benzene rings is 1. The van der Waals surface area contributed by atoms with E-state index in [1.165, 1.54) is 30.7 Å². The van der Waals surface area contributed by atoms with Gasteiger partial charge in [0.25, 0.3) is 0 Å². The number of aromatic nitrogens is 1. The van der Waals surface area contributed by atoms with Crippen molar-refractivity contribution in [1.82, 2.24) is 4.57 Å². The van der Waals surface area contributed by atoms with Gasteiger partial charge >= 0.3 is 12.1 Å². The van der Waals surface area contributed by atoms with Crippen LogP contribution in [-0.2, 0) is 16.5 Å². The minimum absolute atomic E-state index is 0.252. The van der Waals surface area contributed by atoms with Crippen molar-refractivity contribution in [2.24, 2.45) is 0 Å². The van der Waals surface area contributed by atoms with Gasteiger partial charge in [0, 0.05) is 11.7 Å². The Balaban J connectivity index is 2.68. The Hall–Kier alpha value is -1.98. The highest BCUT2D eigenvalue weighted by molar-refractivity contribution is 5.85. The van der Waals surface area contributed by atoms with Crippen molar-refractivity contribution in [3.8, 4) is 0 Å². The third-order valence-corrected chi connectivity index (χ3v) is 3.15.